The first-order chi connectivity index (χ1) is 5.13. The van der Waals surface area contributed by atoms with Crippen LogP contribution in [0.3, 0.4) is 0 Å². The van der Waals surface area contributed by atoms with Gasteiger partial charge < -0.3 is 20.4 Å². The van der Waals surface area contributed by atoms with Gasteiger partial charge in [0.1, 0.15) is 0 Å². The molecule has 0 bridgehead atoms. The van der Waals surface area contributed by atoms with Crippen LogP contribution in [0.5, 0.6) is 0 Å². The van der Waals surface area contributed by atoms with E-state index in [1.807, 2.05) is 0 Å². The summed E-state index contributed by atoms with van der Waals surface area (Å²) in [7, 11) is 0.289. The van der Waals surface area contributed by atoms with Crippen LogP contribution in [0.1, 0.15) is 6.42 Å². The number of rotatable bonds is 6. The second-order valence-corrected chi connectivity index (χ2v) is 4.86. The number of hydrogen-bond acceptors (Lipinski definition) is 4. The Morgan fingerprint density at radius 3 is 1.45 bits per heavy atom. The minimum atomic E-state index is -1.20. The van der Waals surface area contributed by atoms with Gasteiger partial charge in [-0.2, -0.15) is 0 Å². The average molecular weight is 200 g/mol. The maximum absolute atomic E-state index is 8.43. The van der Waals surface area contributed by atoms with Crippen LogP contribution >= 0.6 is 17.2 Å². The lowest BCUT2D eigenvalue weighted by Gasteiger charge is -2.04. The number of aliphatic hydroxyl groups excluding tert-OH is 2. The zero-order valence-corrected chi connectivity index (χ0v) is 8.06. The number of aliphatic hydroxyl groups is 4. The van der Waals surface area contributed by atoms with Crippen molar-refractivity contribution in [3.63, 3.8) is 0 Å². The van der Waals surface area contributed by atoms with Gasteiger partial charge in [0.15, 0.2) is 12.1 Å². The van der Waals surface area contributed by atoms with Gasteiger partial charge in [-0.05, 0) is 18.7 Å². The molecule has 4 N–H and O–H groups in total. The predicted octanol–water partition coefficient (Wildman–Crippen LogP) is -0.730. The van der Waals surface area contributed by atoms with Crippen LogP contribution in [0, 0.1) is 0 Å². The van der Waals surface area contributed by atoms with E-state index in [2.05, 4.69) is 0 Å². The Morgan fingerprint density at radius 1 is 0.818 bits per heavy atom. The normalized spacial score (nSPS) is 13.6. The molecule has 0 rings (SSSR count). The Balaban J connectivity index is 2.91. The van der Waals surface area contributed by atoms with Crippen LogP contribution < -0.4 is 0 Å². The fraction of sp³-hybridized carbons (Fsp3) is 1.00. The van der Waals surface area contributed by atoms with Gasteiger partial charge in [-0.1, -0.05) is 17.2 Å². The highest BCUT2D eigenvalue weighted by atomic mass is 31.1. The van der Waals surface area contributed by atoms with E-state index in [0.717, 1.165) is 18.7 Å². The highest BCUT2D eigenvalue weighted by molar-refractivity contribution is 7.39. The third-order valence-electron chi connectivity index (χ3n) is 1.01. The molecule has 4 nitrogen and oxygen atoms in total. The SMILES string of the molecule is OC(O)PCCCPC(O)O. The van der Waals surface area contributed by atoms with Gasteiger partial charge in [0.25, 0.3) is 0 Å². The van der Waals surface area contributed by atoms with E-state index in [1.165, 1.54) is 0 Å². The van der Waals surface area contributed by atoms with Crippen molar-refractivity contribution in [3.05, 3.63) is 0 Å². The van der Waals surface area contributed by atoms with E-state index >= 15 is 0 Å². The summed E-state index contributed by atoms with van der Waals surface area (Å²) in [4.78, 5) is 0. The van der Waals surface area contributed by atoms with E-state index in [1.54, 1.807) is 0 Å². The maximum atomic E-state index is 8.43. The van der Waals surface area contributed by atoms with Crippen molar-refractivity contribution in [3.8, 4) is 0 Å². The summed E-state index contributed by atoms with van der Waals surface area (Å²) in [6, 6.07) is -2.39. The molecule has 0 saturated heterocycles. The molecule has 0 fully saturated rings. The molecule has 0 aromatic carbocycles. The Morgan fingerprint density at radius 2 is 1.18 bits per heavy atom. The Hall–Kier alpha value is 0.700. The van der Waals surface area contributed by atoms with Crippen molar-refractivity contribution in [1.29, 1.82) is 0 Å². The van der Waals surface area contributed by atoms with Gasteiger partial charge in [-0.15, -0.1) is 0 Å². The van der Waals surface area contributed by atoms with Gasteiger partial charge >= 0.3 is 0 Å². The third kappa shape index (κ3) is 10.7. The van der Waals surface area contributed by atoms with E-state index < -0.39 is 12.1 Å². The predicted molar refractivity (Wildman–Crippen MR) is 47.4 cm³/mol. The average Bonchev–Trinajstić information content (AvgIpc) is 1.85. The molecule has 0 spiro atoms. The monoisotopic (exact) mass is 200 g/mol. The topological polar surface area (TPSA) is 80.9 Å². The second-order valence-electron chi connectivity index (χ2n) is 2.01. The summed E-state index contributed by atoms with van der Waals surface area (Å²) in [6.07, 6.45) is 2.32. The van der Waals surface area contributed by atoms with Gasteiger partial charge in [-0.3, -0.25) is 0 Å². The Labute approximate surface area is 69.2 Å². The van der Waals surface area contributed by atoms with Crippen molar-refractivity contribution < 1.29 is 20.4 Å². The highest BCUT2D eigenvalue weighted by Crippen LogP contribution is 2.20. The summed E-state index contributed by atoms with van der Waals surface area (Å²) in [5.74, 6) is 0. The largest absolute Gasteiger partial charge is 0.365 e. The fourth-order valence-electron chi connectivity index (χ4n) is 0.551. The van der Waals surface area contributed by atoms with Gasteiger partial charge in [-0.25, -0.2) is 0 Å². The lowest BCUT2D eigenvalue weighted by Crippen LogP contribution is -1.98. The van der Waals surface area contributed by atoms with Crippen LogP contribution in [0.15, 0.2) is 0 Å². The molecule has 0 aliphatic heterocycles. The molecule has 0 aliphatic carbocycles. The lowest BCUT2D eigenvalue weighted by molar-refractivity contribution is 0.0369. The Bertz CT molecular complexity index is 78.6. The summed E-state index contributed by atoms with van der Waals surface area (Å²) in [5, 5.41) is 33.7. The molecule has 0 aromatic heterocycles. The molecule has 11 heavy (non-hydrogen) atoms. The molecule has 0 aromatic rings. The zero-order chi connectivity index (χ0) is 8.69. The molecule has 2 atom stereocenters. The van der Waals surface area contributed by atoms with Crippen LogP contribution in [0.4, 0.5) is 0 Å². The second kappa shape index (κ2) is 7.35. The van der Waals surface area contributed by atoms with Crippen LogP contribution in [-0.4, -0.2) is 44.8 Å². The van der Waals surface area contributed by atoms with Crippen LogP contribution in [0.25, 0.3) is 0 Å². The van der Waals surface area contributed by atoms with E-state index in [0.29, 0.717) is 0 Å². The van der Waals surface area contributed by atoms with Crippen molar-refractivity contribution in [1.82, 2.24) is 0 Å². The molecular weight excluding hydrogens is 186 g/mol. The minimum Gasteiger partial charge on any atom is -0.365 e. The summed E-state index contributed by atoms with van der Waals surface area (Å²) in [6.45, 7) is 0. The van der Waals surface area contributed by atoms with Crippen molar-refractivity contribution >= 4 is 17.2 Å². The molecular formula is C5H14O4P2. The maximum Gasteiger partial charge on any atom is 0.167 e. The van der Waals surface area contributed by atoms with E-state index in [-0.39, 0.29) is 17.2 Å². The quantitative estimate of drug-likeness (QED) is 0.259. The molecule has 68 valence electrons. The highest BCUT2D eigenvalue weighted by Gasteiger charge is 1.98. The van der Waals surface area contributed by atoms with Crippen molar-refractivity contribution in [2.75, 3.05) is 12.3 Å². The third-order valence-corrected chi connectivity index (χ3v) is 3.02. The summed E-state index contributed by atoms with van der Waals surface area (Å²) in [5.41, 5.74) is 0. The minimum absolute atomic E-state index is 0.144. The van der Waals surface area contributed by atoms with Gasteiger partial charge in [0.2, 0.25) is 0 Å². The van der Waals surface area contributed by atoms with Gasteiger partial charge in [0, 0.05) is 0 Å². The first-order valence-corrected chi connectivity index (χ1v) is 5.89. The van der Waals surface area contributed by atoms with E-state index in [4.69, 9.17) is 20.4 Å². The number of hydrogen-bond donors (Lipinski definition) is 4. The lowest BCUT2D eigenvalue weighted by atomic mass is 10.6. The van der Waals surface area contributed by atoms with E-state index in [9.17, 15) is 0 Å². The zero-order valence-electron chi connectivity index (χ0n) is 6.06. The molecule has 0 heterocycles. The summed E-state index contributed by atoms with van der Waals surface area (Å²) < 4.78 is 0. The van der Waals surface area contributed by atoms with Crippen LogP contribution in [0.2, 0.25) is 0 Å². The first-order valence-electron chi connectivity index (χ1n) is 3.32. The Kier molecular flexibility index (Phi) is 7.82. The van der Waals surface area contributed by atoms with Gasteiger partial charge in [0.05, 0.1) is 0 Å². The van der Waals surface area contributed by atoms with Crippen molar-refractivity contribution in [2.45, 2.75) is 18.5 Å². The molecule has 6 heteroatoms. The molecule has 0 aliphatic rings. The molecule has 0 radical (unpaired) electrons. The standard InChI is InChI=1S/C5H14O4P2/c6-4(7)10-2-1-3-11-5(8)9/h4-11H,1-3H2. The fourth-order valence-corrected chi connectivity index (χ4v) is 2.18. The smallest absolute Gasteiger partial charge is 0.167 e. The molecule has 0 saturated carbocycles. The first kappa shape index (κ1) is 11.7. The molecule has 0 amide bonds. The molecule has 2 unspecified atom stereocenters. The van der Waals surface area contributed by atoms with Crippen LogP contribution in [-0.2, 0) is 0 Å². The van der Waals surface area contributed by atoms with Crippen molar-refractivity contribution in [2.24, 2.45) is 0 Å². The summed E-state index contributed by atoms with van der Waals surface area (Å²) >= 11 is 0.